The number of carbonyl (C=O) groups excluding carboxylic acids is 2. The van der Waals surface area contributed by atoms with Crippen molar-refractivity contribution in [1.29, 1.82) is 0 Å². The molecule has 7 nitrogen and oxygen atoms in total. The molecule has 0 aliphatic carbocycles. The summed E-state index contributed by atoms with van der Waals surface area (Å²) >= 11 is 0. The Balaban J connectivity index is 3.75. The molecule has 51 heavy (non-hydrogen) atoms. The van der Waals surface area contributed by atoms with Crippen LogP contribution in [-0.4, -0.2) is 34.1 Å². The van der Waals surface area contributed by atoms with Crippen LogP contribution in [0.2, 0.25) is 0 Å². The van der Waals surface area contributed by atoms with Crippen molar-refractivity contribution in [3.63, 3.8) is 0 Å². The van der Waals surface area contributed by atoms with Crippen molar-refractivity contribution in [2.75, 3.05) is 0 Å². The first-order valence-corrected chi connectivity index (χ1v) is 20.3. The van der Waals surface area contributed by atoms with Crippen molar-refractivity contribution >= 4 is 23.9 Å². The van der Waals surface area contributed by atoms with Crippen molar-refractivity contribution in [3.05, 3.63) is 46.6 Å². The van der Waals surface area contributed by atoms with E-state index in [9.17, 15) is 19.2 Å². The van der Waals surface area contributed by atoms with Gasteiger partial charge in [-0.2, -0.15) is 0 Å². The van der Waals surface area contributed by atoms with Gasteiger partial charge in [-0.05, 0) is 130 Å². The Bertz CT molecular complexity index is 995. The minimum Gasteiger partial charge on any atom is -0.481 e. The zero-order chi connectivity index (χ0) is 38.0. The van der Waals surface area contributed by atoms with Crippen molar-refractivity contribution < 1.29 is 34.1 Å². The summed E-state index contributed by atoms with van der Waals surface area (Å²) in [4.78, 5) is 45.2. The number of unbranched alkanes of at least 4 members (excludes halogenated alkanes) is 14. The highest BCUT2D eigenvalue weighted by molar-refractivity contribution is 5.85. The maximum absolute atomic E-state index is 12.1. The zero-order valence-electron chi connectivity index (χ0n) is 33.0. The second kappa shape index (κ2) is 34.1. The van der Waals surface area contributed by atoms with Gasteiger partial charge in [0.25, 0.3) is 0 Å². The van der Waals surface area contributed by atoms with Crippen LogP contribution in [0, 0.1) is 0 Å². The van der Waals surface area contributed by atoms with E-state index in [1.54, 1.807) is 0 Å². The van der Waals surface area contributed by atoms with E-state index in [1.807, 2.05) is 0 Å². The molecule has 0 rings (SSSR count). The van der Waals surface area contributed by atoms with E-state index in [2.05, 4.69) is 52.0 Å². The van der Waals surface area contributed by atoms with Crippen LogP contribution in [0.15, 0.2) is 46.6 Å². The van der Waals surface area contributed by atoms with Crippen molar-refractivity contribution in [2.24, 2.45) is 0 Å². The van der Waals surface area contributed by atoms with Gasteiger partial charge in [-0.1, -0.05) is 98.0 Å². The van der Waals surface area contributed by atoms with Gasteiger partial charge in [0.05, 0.1) is 0 Å². The summed E-state index contributed by atoms with van der Waals surface area (Å²) in [6, 6.07) is 0. The summed E-state index contributed by atoms with van der Waals surface area (Å²) in [7, 11) is 0. The Morgan fingerprint density at radius 1 is 0.353 bits per heavy atom. The third-order valence-corrected chi connectivity index (χ3v) is 9.36. The highest BCUT2D eigenvalue weighted by Crippen LogP contribution is 2.17. The summed E-state index contributed by atoms with van der Waals surface area (Å²) in [5, 5.41) is 17.4. The molecule has 0 fully saturated rings. The minimum atomic E-state index is -0.701. The molecule has 0 aliphatic heterocycles. The minimum absolute atomic E-state index is 0.280. The third kappa shape index (κ3) is 36.6. The number of ether oxygens (including phenoxy) is 1. The number of carbonyl (C=O) groups is 4. The molecule has 0 aliphatic rings. The monoisotopic (exact) mass is 715 g/mol. The second-order valence-electron chi connectivity index (χ2n) is 14.6. The zero-order valence-corrected chi connectivity index (χ0v) is 33.0. The van der Waals surface area contributed by atoms with Crippen molar-refractivity contribution in [2.45, 2.75) is 207 Å². The third-order valence-electron chi connectivity index (χ3n) is 9.36. The average Bonchev–Trinajstić information content (AvgIpc) is 3.07. The standard InChI is InChI=1S/C44H74O7/c1-37(25-13-5-9-17-33-41(45)46)29-21-23-31-39(3)27-15-7-11-19-35-43(49)51-44(50)36-20-12-8-16-28-40(4)32-24-22-30-38(2)26-14-6-10-18-34-42(47)48/h29-32H,5-28,33-36H2,1-4H3,(H,45,46)(H,47,48)/b37-29+,38-30+,39-31+,40-32+. The molecule has 0 bridgehead atoms. The van der Waals surface area contributed by atoms with Crippen molar-refractivity contribution in [3.8, 4) is 0 Å². The number of allylic oxidation sites excluding steroid dienone is 8. The highest BCUT2D eigenvalue weighted by Gasteiger charge is 2.10. The number of rotatable bonds is 34. The summed E-state index contributed by atoms with van der Waals surface area (Å²) in [5.41, 5.74) is 5.69. The van der Waals surface area contributed by atoms with Crippen LogP contribution in [0.4, 0.5) is 0 Å². The van der Waals surface area contributed by atoms with E-state index in [4.69, 9.17) is 14.9 Å². The molecule has 292 valence electrons. The van der Waals surface area contributed by atoms with E-state index in [1.165, 1.54) is 22.3 Å². The largest absolute Gasteiger partial charge is 0.481 e. The van der Waals surface area contributed by atoms with E-state index < -0.39 is 23.9 Å². The van der Waals surface area contributed by atoms with Gasteiger partial charge in [-0.15, -0.1) is 0 Å². The number of hydrogen-bond acceptors (Lipinski definition) is 5. The fraction of sp³-hybridized carbons (Fsp3) is 0.727. The van der Waals surface area contributed by atoms with Gasteiger partial charge in [0.2, 0.25) is 0 Å². The van der Waals surface area contributed by atoms with E-state index >= 15 is 0 Å². The molecular weight excluding hydrogens is 640 g/mol. The number of esters is 2. The summed E-state index contributed by atoms with van der Waals surface area (Å²) in [6.45, 7) is 8.76. The molecule has 0 unspecified atom stereocenters. The summed E-state index contributed by atoms with van der Waals surface area (Å²) in [6.07, 6.45) is 34.9. The molecule has 0 saturated carbocycles. The summed E-state index contributed by atoms with van der Waals surface area (Å²) in [5.74, 6) is -2.19. The van der Waals surface area contributed by atoms with Crippen LogP contribution >= 0.6 is 0 Å². The molecule has 7 heteroatoms. The highest BCUT2D eigenvalue weighted by atomic mass is 16.6. The molecule has 0 saturated heterocycles. The number of hydrogen-bond donors (Lipinski definition) is 2. The predicted molar refractivity (Wildman–Crippen MR) is 211 cm³/mol. The van der Waals surface area contributed by atoms with Crippen molar-refractivity contribution in [1.82, 2.24) is 0 Å². The first-order valence-electron chi connectivity index (χ1n) is 20.3. The Morgan fingerprint density at radius 3 is 0.804 bits per heavy atom. The lowest BCUT2D eigenvalue weighted by Crippen LogP contribution is -2.11. The summed E-state index contributed by atoms with van der Waals surface area (Å²) < 4.78 is 5.03. The molecule has 0 atom stereocenters. The Hall–Kier alpha value is -2.96. The maximum Gasteiger partial charge on any atom is 0.313 e. The van der Waals surface area contributed by atoms with Gasteiger partial charge in [-0.3, -0.25) is 19.2 Å². The molecule has 0 aromatic carbocycles. The Labute approximate surface area is 311 Å². The van der Waals surface area contributed by atoms with Crippen LogP contribution in [-0.2, 0) is 23.9 Å². The van der Waals surface area contributed by atoms with Crippen LogP contribution in [0.3, 0.4) is 0 Å². The van der Waals surface area contributed by atoms with Gasteiger partial charge < -0.3 is 14.9 Å². The molecule has 0 spiro atoms. The fourth-order valence-corrected chi connectivity index (χ4v) is 6.08. The Morgan fingerprint density at radius 2 is 0.569 bits per heavy atom. The van der Waals surface area contributed by atoms with E-state index in [0.717, 1.165) is 154 Å². The number of aliphatic carboxylic acids is 2. The first-order chi connectivity index (χ1) is 24.5. The normalized spacial score (nSPS) is 12.7. The van der Waals surface area contributed by atoms with Crippen LogP contribution in [0.5, 0.6) is 0 Å². The Kier molecular flexibility index (Phi) is 32.2. The quantitative estimate of drug-likeness (QED) is 0.0295. The molecule has 0 aromatic heterocycles. The van der Waals surface area contributed by atoms with Gasteiger partial charge in [0.1, 0.15) is 0 Å². The lowest BCUT2D eigenvalue weighted by Gasteiger charge is -2.05. The molecule has 0 heterocycles. The van der Waals surface area contributed by atoms with Gasteiger partial charge in [0.15, 0.2) is 0 Å². The first kappa shape index (κ1) is 48.0. The second-order valence-corrected chi connectivity index (χ2v) is 14.6. The van der Waals surface area contributed by atoms with Crippen LogP contribution in [0.1, 0.15) is 207 Å². The maximum atomic E-state index is 12.1. The van der Waals surface area contributed by atoms with Crippen LogP contribution < -0.4 is 0 Å². The van der Waals surface area contributed by atoms with Gasteiger partial charge in [-0.25, -0.2) is 0 Å². The molecule has 0 aromatic rings. The average molecular weight is 715 g/mol. The molecule has 0 amide bonds. The number of carboxylic acid groups (broad SMARTS) is 2. The SMILES string of the molecule is C/C(=C\CC/C=C(\C)CCCCCCC(=O)OC(=O)CCCCCC/C(C)=C/CC/C=C(\C)CCCCCCC(=O)O)CCCCCCC(=O)O. The van der Waals surface area contributed by atoms with Crippen LogP contribution in [0.25, 0.3) is 0 Å². The lowest BCUT2D eigenvalue weighted by molar-refractivity contribution is -0.159. The predicted octanol–water partition coefficient (Wildman–Crippen LogP) is 12.9. The molecule has 0 radical (unpaired) electrons. The molecular formula is C44H74O7. The smallest absolute Gasteiger partial charge is 0.313 e. The van der Waals surface area contributed by atoms with E-state index in [0.29, 0.717) is 12.8 Å². The topological polar surface area (TPSA) is 118 Å². The molecule has 2 N–H and O–H groups in total. The fourth-order valence-electron chi connectivity index (χ4n) is 6.08. The van der Waals surface area contributed by atoms with E-state index in [-0.39, 0.29) is 12.8 Å². The van der Waals surface area contributed by atoms with Gasteiger partial charge >= 0.3 is 23.9 Å². The lowest BCUT2D eigenvalue weighted by atomic mass is 10.0. The van der Waals surface area contributed by atoms with Gasteiger partial charge in [0, 0.05) is 25.7 Å². The number of carboxylic acids is 2.